The number of hydrogen-bond acceptors (Lipinski definition) is 6. The first-order valence-corrected chi connectivity index (χ1v) is 7.20. The summed E-state index contributed by atoms with van der Waals surface area (Å²) < 4.78 is 15.2. The summed E-state index contributed by atoms with van der Waals surface area (Å²) in [5, 5.41) is 19.0. The number of benzene rings is 1. The minimum absolute atomic E-state index is 0.136. The minimum Gasteiger partial charge on any atom is -0.502 e. The molecule has 1 aromatic carbocycles. The predicted octanol–water partition coefficient (Wildman–Crippen LogP) is 2.91. The summed E-state index contributed by atoms with van der Waals surface area (Å²) in [7, 11) is 2.79. The molecule has 0 bridgehead atoms. The molecule has 0 amide bonds. The second-order valence-corrected chi connectivity index (χ2v) is 5.06. The standard InChI is InChI=1S/C17H21NO5/c1-5-11(2)10-23-17(20)13(9-18)6-12-7-14(21-3)16(19)15(8-12)22-4/h6-8,11,19H,5,10H2,1-4H3/b13-6+. The zero-order valence-electron chi connectivity index (χ0n) is 13.8. The molecule has 1 atom stereocenters. The van der Waals surface area contributed by atoms with E-state index in [0.717, 1.165) is 6.42 Å². The van der Waals surface area contributed by atoms with Crippen LogP contribution in [0.25, 0.3) is 6.08 Å². The van der Waals surface area contributed by atoms with Gasteiger partial charge in [0, 0.05) is 0 Å². The third-order valence-corrected chi connectivity index (χ3v) is 3.35. The maximum absolute atomic E-state index is 11.9. The number of methoxy groups -OCH3 is 2. The molecule has 0 saturated carbocycles. The van der Waals surface area contributed by atoms with Crippen molar-refractivity contribution in [2.24, 2.45) is 5.92 Å². The second-order valence-electron chi connectivity index (χ2n) is 5.06. The Labute approximate surface area is 135 Å². The number of carbonyl (C=O) groups is 1. The van der Waals surface area contributed by atoms with E-state index in [2.05, 4.69) is 0 Å². The zero-order chi connectivity index (χ0) is 17.4. The molecule has 1 rings (SSSR count). The van der Waals surface area contributed by atoms with Crippen LogP contribution in [0.15, 0.2) is 17.7 Å². The summed E-state index contributed by atoms with van der Waals surface area (Å²) in [6.45, 7) is 4.21. The highest BCUT2D eigenvalue weighted by molar-refractivity contribution is 5.98. The van der Waals surface area contributed by atoms with Gasteiger partial charge in [0.15, 0.2) is 11.5 Å². The highest BCUT2D eigenvalue weighted by atomic mass is 16.5. The van der Waals surface area contributed by atoms with Crippen LogP contribution in [0.3, 0.4) is 0 Å². The monoisotopic (exact) mass is 319 g/mol. The van der Waals surface area contributed by atoms with E-state index in [1.807, 2.05) is 19.9 Å². The lowest BCUT2D eigenvalue weighted by Crippen LogP contribution is -2.12. The molecule has 1 unspecified atom stereocenters. The topological polar surface area (TPSA) is 88.8 Å². The molecule has 0 saturated heterocycles. The Morgan fingerprint density at radius 2 is 1.91 bits per heavy atom. The van der Waals surface area contributed by atoms with Crippen LogP contribution in [0.2, 0.25) is 0 Å². The Kier molecular flexibility index (Phi) is 6.94. The van der Waals surface area contributed by atoms with E-state index < -0.39 is 5.97 Å². The van der Waals surface area contributed by atoms with Crippen LogP contribution in [0, 0.1) is 17.2 Å². The number of esters is 1. The average molecular weight is 319 g/mol. The van der Waals surface area contributed by atoms with Crippen LogP contribution in [-0.2, 0) is 9.53 Å². The average Bonchev–Trinajstić information content (AvgIpc) is 2.57. The molecule has 1 N–H and O–H groups in total. The maximum Gasteiger partial charge on any atom is 0.348 e. The molecule has 0 aliphatic heterocycles. The normalized spacial score (nSPS) is 12.2. The lowest BCUT2D eigenvalue weighted by atomic mass is 10.1. The molecule has 0 radical (unpaired) electrons. The van der Waals surface area contributed by atoms with Gasteiger partial charge < -0.3 is 19.3 Å². The molecule has 1 aromatic rings. The number of aromatic hydroxyl groups is 1. The number of phenols is 1. The number of phenolic OH excluding ortho intramolecular Hbond substituents is 1. The van der Waals surface area contributed by atoms with Gasteiger partial charge in [-0.1, -0.05) is 20.3 Å². The number of ether oxygens (including phenoxy) is 3. The van der Waals surface area contributed by atoms with Crippen molar-refractivity contribution >= 4 is 12.0 Å². The van der Waals surface area contributed by atoms with E-state index in [4.69, 9.17) is 19.5 Å². The minimum atomic E-state index is -0.682. The molecule has 0 aliphatic rings. The van der Waals surface area contributed by atoms with Crippen molar-refractivity contribution in [3.05, 3.63) is 23.3 Å². The predicted molar refractivity (Wildman–Crippen MR) is 85.2 cm³/mol. The van der Waals surface area contributed by atoms with Gasteiger partial charge >= 0.3 is 5.97 Å². The van der Waals surface area contributed by atoms with Gasteiger partial charge in [-0.3, -0.25) is 0 Å². The van der Waals surface area contributed by atoms with Gasteiger partial charge in [0.2, 0.25) is 5.75 Å². The van der Waals surface area contributed by atoms with Gasteiger partial charge in [-0.25, -0.2) is 4.79 Å². The van der Waals surface area contributed by atoms with Crippen LogP contribution in [-0.4, -0.2) is 31.9 Å². The van der Waals surface area contributed by atoms with Crippen LogP contribution < -0.4 is 9.47 Å². The Balaban J connectivity index is 3.06. The van der Waals surface area contributed by atoms with E-state index in [-0.39, 0.29) is 35.3 Å². The Morgan fingerprint density at radius 3 is 2.35 bits per heavy atom. The van der Waals surface area contributed by atoms with E-state index in [1.54, 1.807) is 0 Å². The summed E-state index contributed by atoms with van der Waals surface area (Å²) >= 11 is 0. The SMILES string of the molecule is CCC(C)COC(=O)/C(C#N)=C/c1cc(OC)c(O)c(OC)c1. The fraction of sp³-hybridized carbons (Fsp3) is 0.412. The van der Waals surface area contributed by atoms with Crippen LogP contribution >= 0.6 is 0 Å². The molecule has 0 heterocycles. The first-order valence-electron chi connectivity index (χ1n) is 7.20. The van der Waals surface area contributed by atoms with Gasteiger partial charge in [-0.15, -0.1) is 0 Å². The summed E-state index contributed by atoms with van der Waals surface area (Å²) in [5.41, 5.74) is 0.344. The van der Waals surface area contributed by atoms with Crippen molar-refractivity contribution in [3.8, 4) is 23.3 Å². The van der Waals surface area contributed by atoms with Crippen molar-refractivity contribution in [2.75, 3.05) is 20.8 Å². The quantitative estimate of drug-likeness (QED) is 0.472. The van der Waals surface area contributed by atoms with Crippen LogP contribution in [0.4, 0.5) is 0 Å². The first-order chi connectivity index (χ1) is 11.0. The van der Waals surface area contributed by atoms with Gasteiger partial charge in [0.05, 0.1) is 20.8 Å². The van der Waals surface area contributed by atoms with E-state index in [1.165, 1.54) is 32.4 Å². The molecule has 23 heavy (non-hydrogen) atoms. The van der Waals surface area contributed by atoms with Crippen LogP contribution in [0.5, 0.6) is 17.2 Å². The third kappa shape index (κ3) is 4.92. The smallest absolute Gasteiger partial charge is 0.348 e. The number of carbonyl (C=O) groups excluding carboxylic acids is 1. The van der Waals surface area contributed by atoms with Crippen molar-refractivity contribution in [3.63, 3.8) is 0 Å². The fourth-order valence-electron chi connectivity index (χ4n) is 1.71. The summed E-state index contributed by atoms with van der Waals surface area (Å²) in [6, 6.07) is 4.82. The highest BCUT2D eigenvalue weighted by Gasteiger charge is 2.15. The van der Waals surface area contributed by atoms with Gasteiger partial charge in [0.1, 0.15) is 11.6 Å². The number of nitriles is 1. The molecule has 6 heteroatoms. The van der Waals surface area contributed by atoms with Crippen molar-refractivity contribution in [2.45, 2.75) is 20.3 Å². The Bertz CT molecular complexity index is 605. The molecule has 124 valence electrons. The molecular formula is C17H21NO5. The second kappa shape index (κ2) is 8.69. The van der Waals surface area contributed by atoms with Crippen molar-refractivity contribution < 1.29 is 24.1 Å². The zero-order valence-corrected chi connectivity index (χ0v) is 13.8. The molecule has 0 spiro atoms. The lowest BCUT2D eigenvalue weighted by Gasteiger charge is -2.10. The van der Waals surface area contributed by atoms with E-state index in [9.17, 15) is 9.90 Å². The van der Waals surface area contributed by atoms with Crippen molar-refractivity contribution in [1.29, 1.82) is 5.26 Å². The Morgan fingerprint density at radius 1 is 1.35 bits per heavy atom. The largest absolute Gasteiger partial charge is 0.502 e. The molecule has 0 aliphatic carbocycles. The summed E-state index contributed by atoms with van der Waals surface area (Å²) in [4.78, 5) is 11.9. The van der Waals surface area contributed by atoms with Gasteiger partial charge in [0.25, 0.3) is 0 Å². The lowest BCUT2D eigenvalue weighted by molar-refractivity contribution is -0.139. The number of hydrogen-bond donors (Lipinski definition) is 1. The van der Waals surface area contributed by atoms with E-state index >= 15 is 0 Å². The van der Waals surface area contributed by atoms with Gasteiger partial charge in [-0.2, -0.15) is 5.26 Å². The maximum atomic E-state index is 11.9. The summed E-state index contributed by atoms with van der Waals surface area (Å²) in [5.74, 6) is -0.238. The van der Waals surface area contributed by atoms with E-state index in [0.29, 0.717) is 5.56 Å². The van der Waals surface area contributed by atoms with Gasteiger partial charge in [-0.05, 0) is 29.7 Å². The number of rotatable bonds is 7. The molecule has 0 aromatic heterocycles. The fourth-order valence-corrected chi connectivity index (χ4v) is 1.71. The molecule has 0 fully saturated rings. The third-order valence-electron chi connectivity index (χ3n) is 3.35. The van der Waals surface area contributed by atoms with Crippen molar-refractivity contribution in [1.82, 2.24) is 0 Å². The summed E-state index contributed by atoms with van der Waals surface area (Å²) in [6.07, 6.45) is 2.24. The number of nitrogens with zero attached hydrogens (tertiary/aromatic N) is 1. The molecule has 6 nitrogen and oxygen atoms in total. The Hall–Kier alpha value is -2.68. The first kappa shape index (κ1) is 18.4. The highest BCUT2D eigenvalue weighted by Crippen LogP contribution is 2.37. The van der Waals surface area contributed by atoms with Crippen LogP contribution in [0.1, 0.15) is 25.8 Å². The molecular weight excluding hydrogens is 298 g/mol.